The Kier molecular flexibility index (Phi) is 4.59. The van der Waals surface area contributed by atoms with Crippen LogP contribution >= 0.6 is 0 Å². The Labute approximate surface area is 132 Å². The Morgan fingerprint density at radius 3 is 2.04 bits per heavy atom. The van der Waals surface area contributed by atoms with Crippen molar-refractivity contribution in [3.8, 4) is 11.1 Å². The third kappa shape index (κ3) is 3.87. The standard InChI is InChI=1S/C16H11F6NO/c17-15(18,19)10-5-6-12(13(8-10)16(20,21)22)11-4-2-1-3-9(11)7-14(23)24/h1-6,8H,7H2,(H2,23,24). The highest BCUT2D eigenvalue weighted by Gasteiger charge is 2.38. The molecule has 0 bridgehead atoms. The van der Waals surface area contributed by atoms with Crippen molar-refractivity contribution in [2.45, 2.75) is 18.8 Å². The largest absolute Gasteiger partial charge is 0.417 e. The number of alkyl halides is 6. The van der Waals surface area contributed by atoms with Gasteiger partial charge in [-0.05, 0) is 28.8 Å². The number of benzene rings is 2. The quantitative estimate of drug-likeness (QED) is 0.821. The van der Waals surface area contributed by atoms with Crippen molar-refractivity contribution in [2.24, 2.45) is 5.73 Å². The average molecular weight is 347 g/mol. The van der Waals surface area contributed by atoms with Crippen LogP contribution in [-0.2, 0) is 23.6 Å². The lowest BCUT2D eigenvalue weighted by atomic mass is 9.92. The molecule has 2 aromatic rings. The molecule has 8 heteroatoms. The maximum Gasteiger partial charge on any atom is 0.417 e. The first-order chi connectivity index (χ1) is 11.0. The minimum atomic E-state index is -4.99. The molecule has 0 aliphatic rings. The van der Waals surface area contributed by atoms with Gasteiger partial charge in [0.15, 0.2) is 0 Å². The van der Waals surface area contributed by atoms with Crippen molar-refractivity contribution in [2.75, 3.05) is 0 Å². The van der Waals surface area contributed by atoms with Crippen molar-refractivity contribution in [3.05, 3.63) is 59.2 Å². The fourth-order valence-electron chi connectivity index (χ4n) is 2.31. The SMILES string of the molecule is NC(=O)Cc1ccccc1-c1ccc(C(F)(F)F)cc1C(F)(F)F. The fourth-order valence-corrected chi connectivity index (χ4v) is 2.31. The van der Waals surface area contributed by atoms with Crippen LogP contribution in [0.3, 0.4) is 0 Å². The van der Waals surface area contributed by atoms with E-state index in [1.807, 2.05) is 0 Å². The number of rotatable bonds is 3. The molecular weight excluding hydrogens is 336 g/mol. The summed E-state index contributed by atoms with van der Waals surface area (Å²) in [5, 5.41) is 0. The van der Waals surface area contributed by atoms with Gasteiger partial charge in [0.1, 0.15) is 0 Å². The van der Waals surface area contributed by atoms with Crippen LogP contribution in [0.1, 0.15) is 16.7 Å². The summed E-state index contributed by atoms with van der Waals surface area (Å²) >= 11 is 0. The summed E-state index contributed by atoms with van der Waals surface area (Å²) in [5.41, 5.74) is 2.03. The smallest absolute Gasteiger partial charge is 0.369 e. The lowest BCUT2D eigenvalue weighted by Gasteiger charge is -2.17. The average Bonchev–Trinajstić information content (AvgIpc) is 2.45. The molecule has 0 fully saturated rings. The van der Waals surface area contributed by atoms with Crippen LogP contribution in [0, 0.1) is 0 Å². The van der Waals surface area contributed by atoms with Crippen molar-refractivity contribution >= 4 is 5.91 Å². The van der Waals surface area contributed by atoms with E-state index in [0.29, 0.717) is 6.07 Å². The summed E-state index contributed by atoms with van der Waals surface area (Å²) in [7, 11) is 0. The van der Waals surface area contributed by atoms with Gasteiger partial charge < -0.3 is 5.73 Å². The highest BCUT2D eigenvalue weighted by molar-refractivity contribution is 5.81. The van der Waals surface area contributed by atoms with Crippen LogP contribution in [0.4, 0.5) is 26.3 Å². The zero-order valence-electron chi connectivity index (χ0n) is 12.0. The third-order valence-corrected chi connectivity index (χ3v) is 3.32. The zero-order chi connectivity index (χ0) is 18.1. The Bertz CT molecular complexity index is 764. The van der Waals surface area contributed by atoms with E-state index in [1.54, 1.807) is 0 Å². The molecule has 0 aliphatic carbocycles. The number of hydrogen-bond acceptors (Lipinski definition) is 1. The van der Waals surface area contributed by atoms with Gasteiger partial charge in [0, 0.05) is 0 Å². The predicted molar refractivity (Wildman–Crippen MR) is 74.8 cm³/mol. The molecule has 0 aromatic heterocycles. The molecule has 128 valence electrons. The van der Waals surface area contributed by atoms with Gasteiger partial charge in [0.05, 0.1) is 17.5 Å². The van der Waals surface area contributed by atoms with Crippen LogP contribution in [-0.4, -0.2) is 5.91 Å². The van der Waals surface area contributed by atoms with E-state index in [9.17, 15) is 31.1 Å². The van der Waals surface area contributed by atoms with Crippen LogP contribution in [0.5, 0.6) is 0 Å². The van der Waals surface area contributed by atoms with Crippen LogP contribution in [0.15, 0.2) is 42.5 Å². The third-order valence-electron chi connectivity index (χ3n) is 3.32. The van der Waals surface area contributed by atoms with Crippen LogP contribution < -0.4 is 5.73 Å². The minimum Gasteiger partial charge on any atom is -0.369 e. The number of hydrogen-bond donors (Lipinski definition) is 1. The molecule has 2 rings (SSSR count). The topological polar surface area (TPSA) is 43.1 Å². The molecule has 0 heterocycles. The second-order valence-corrected chi connectivity index (χ2v) is 5.06. The summed E-state index contributed by atoms with van der Waals surface area (Å²) in [6.07, 6.45) is -10.2. The Morgan fingerprint density at radius 2 is 1.50 bits per heavy atom. The fraction of sp³-hybridized carbons (Fsp3) is 0.188. The number of amides is 1. The van der Waals surface area contributed by atoms with Crippen molar-refractivity contribution < 1.29 is 31.1 Å². The van der Waals surface area contributed by atoms with E-state index >= 15 is 0 Å². The van der Waals surface area contributed by atoms with Gasteiger partial charge in [-0.15, -0.1) is 0 Å². The van der Waals surface area contributed by atoms with Crippen molar-refractivity contribution in [1.29, 1.82) is 0 Å². The predicted octanol–water partition coefficient (Wildman–Crippen LogP) is 4.42. The maximum absolute atomic E-state index is 13.2. The van der Waals surface area contributed by atoms with E-state index in [0.717, 1.165) is 6.07 Å². The molecule has 0 unspecified atom stereocenters. The van der Waals surface area contributed by atoms with E-state index < -0.39 is 35.0 Å². The summed E-state index contributed by atoms with van der Waals surface area (Å²) < 4.78 is 77.9. The van der Waals surface area contributed by atoms with Gasteiger partial charge in [0.2, 0.25) is 5.91 Å². The molecule has 0 saturated carbocycles. The molecule has 0 atom stereocenters. The number of halogens is 6. The lowest BCUT2D eigenvalue weighted by Crippen LogP contribution is -2.15. The van der Waals surface area contributed by atoms with Crippen LogP contribution in [0.2, 0.25) is 0 Å². The number of carbonyl (C=O) groups excluding carboxylic acids is 1. The summed E-state index contributed by atoms with van der Waals surface area (Å²) in [4.78, 5) is 11.1. The van der Waals surface area contributed by atoms with E-state index in [-0.39, 0.29) is 23.6 Å². The van der Waals surface area contributed by atoms with Crippen molar-refractivity contribution in [3.63, 3.8) is 0 Å². The molecular formula is C16H11F6NO. The van der Waals surface area contributed by atoms with Gasteiger partial charge >= 0.3 is 12.4 Å². The molecule has 0 saturated heterocycles. The molecule has 2 aromatic carbocycles. The zero-order valence-corrected chi connectivity index (χ0v) is 12.0. The monoisotopic (exact) mass is 347 g/mol. The lowest BCUT2D eigenvalue weighted by molar-refractivity contribution is -0.142. The molecule has 24 heavy (non-hydrogen) atoms. The first-order valence-electron chi connectivity index (χ1n) is 6.65. The minimum absolute atomic E-state index is 0.0114. The molecule has 0 aliphatic heterocycles. The summed E-state index contributed by atoms with van der Waals surface area (Å²) in [6, 6.07) is 7.03. The molecule has 1 amide bonds. The first-order valence-corrected chi connectivity index (χ1v) is 6.65. The first kappa shape index (κ1) is 17.8. The van der Waals surface area contributed by atoms with E-state index in [1.165, 1.54) is 24.3 Å². The molecule has 2 nitrogen and oxygen atoms in total. The highest BCUT2D eigenvalue weighted by Crippen LogP contribution is 2.41. The molecule has 2 N–H and O–H groups in total. The maximum atomic E-state index is 13.2. The highest BCUT2D eigenvalue weighted by atomic mass is 19.4. The van der Waals surface area contributed by atoms with Crippen LogP contribution in [0.25, 0.3) is 11.1 Å². The second-order valence-electron chi connectivity index (χ2n) is 5.06. The number of primary amides is 1. The van der Waals surface area contributed by atoms with E-state index in [4.69, 9.17) is 5.73 Å². The number of nitrogens with two attached hydrogens (primary N) is 1. The van der Waals surface area contributed by atoms with E-state index in [2.05, 4.69) is 0 Å². The van der Waals surface area contributed by atoms with Gasteiger partial charge in [0.25, 0.3) is 0 Å². The van der Waals surface area contributed by atoms with Crippen molar-refractivity contribution in [1.82, 2.24) is 0 Å². The van der Waals surface area contributed by atoms with Gasteiger partial charge in [-0.3, -0.25) is 4.79 Å². The molecule has 0 radical (unpaired) electrons. The Balaban J connectivity index is 2.69. The second kappa shape index (κ2) is 6.18. The Hall–Kier alpha value is -2.51. The van der Waals surface area contributed by atoms with Gasteiger partial charge in [-0.1, -0.05) is 30.3 Å². The Morgan fingerprint density at radius 1 is 0.875 bits per heavy atom. The molecule has 0 spiro atoms. The normalized spacial score (nSPS) is 12.2. The summed E-state index contributed by atoms with van der Waals surface area (Å²) in [5.74, 6) is -0.761. The van der Waals surface area contributed by atoms with Gasteiger partial charge in [-0.25, -0.2) is 0 Å². The number of carbonyl (C=O) groups is 1. The van der Waals surface area contributed by atoms with Gasteiger partial charge in [-0.2, -0.15) is 26.3 Å². The summed E-state index contributed by atoms with van der Waals surface area (Å²) in [6.45, 7) is 0.